The van der Waals surface area contributed by atoms with Gasteiger partial charge in [-0.3, -0.25) is 0 Å². The third kappa shape index (κ3) is 9.20. The van der Waals surface area contributed by atoms with E-state index >= 15 is 0 Å². The molecule has 0 atom stereocenters. The Bertz CT molecular complexity index is 2150. The second-order valence-electron chi connectivity index (χ2n) is 12.3. The minimum atomic E-state index is 0.675. The number of hydrogen-bond acceptors (Lipinski definition) is 5. The van der Waals surface area contributed by atoms with Gasteiger partial charge in [-0.2, -0.15) is 0 Å². The zero-order chi connectivity index (χ0) is 36.3. The molecule has 0 bridgehead atoms. The van der Waals surface area contributed by atoms with Gasteiger partial charge in [-0.15, -0.1) is 0 Å². The van der Waals surface area contributed by atoms with E-state index in [1.807, 2.05) is 78.9 Å². The van der Waals surface area contributed by atoms with E-state index in [9.17, 15) is 0 Å². The Balaban J connectivity index is 0.000000181. The molecule has 0 aliphatic rings. The van der Waals surface area contributed by atoms with Gasteiger partial charge in [0.1, 0.15) is 40.2 Å². The molecular weight excluding hydrogens is 645 g/mol. The summed E-state index contributed by atoms with van der Waals surface area (Å²) in [6.07, 6.45) is 0. The lowest BCUT2D eigenvalue weighted by Gasteiger charge is -2.13. The molecule has 5 heteroatoms. The zero-order valence-electron chi connectivity index (χ0n) is 30.1. The largest absolute Gasteiger partial charge is 0.497 e. The highest BCUT2D eigenvalue weighted by Gasteiger charge is 2.10. The Kier molecular flexibility index (Phi) is 11.5. The van der Waals surface area contributed by atoms with Crippen LogP contribution in [0.2, 0.25) is 0 Å². The van der Waals surface area contributed by atoms with Crippen LogP contribution in [-0.2, 0) is 0 Å². The summed E-state index contributed by atoms with van der Waals surface area (Å²) >= 11 is 0. The molecule has 0 aliphatic heterocycles. The molecule has 0 heterocycles. The van der Waals surface area contributed by atoms with E-state index in [1.165, 1.54) is 27.8 Å². The van der Waals surface area contributed by atoms with Crippen LogP contribution in [0.4, 0.5) is 0 Å². The summed E-state index contributed by atoms with van der Waals surface area (Å²) in [6, 6.07) is 54.8. The van der Waals surface area contributed by atoms with Crippen molar-refractivity contribution in [2.75, 3.05) is 21.3 Å². The first-order chi connectivity index (χ1) is 25.4. The van der Waals surface area contributed by atoms with Gasteiger partial charge in [0, 0.05) is 23.8 Å². The maximum absolute atomic E-state index is 6.22. The summed E-state index contributed by atoms with van der Waals surface area (Å²) in [5.41, 5.74) is 9.33. The van der Waals surface area contributed by atoms with Crippen molar-refractivity contribution in [1.29, 1.82) is 0 Å². The first-order valence-electron chi connectivity index (χ1n) is 17.1. The normalized spacial score (nSPS) is 10.4. The van der Waals surface area contributed by atoms with Crippen molar-refractivity contribution in [3.8, 4) is 73.6 Å². The Morgan fingerprint density at radius 3 is 1.17 bits per heavy atom. The van der Waals surface area contributed by atoms with Gasteiger partial charge < -0.3 is 23.7 Å². The summed E-state index contributed by atoms with van der Waals surface area (Å²) in [4.78, 5) is 0. The summed E-state index contributed by atoms with van der Waals surface area (Å²) in [5, 5.41) is 0. The van der Waals surface area contributed by atoms with Crippen LogP contribution in [-0.4, -0.2) is 21.3 Å². The fraction of sp³-hybridized carbons (Fsp3) is 0.106. The predicted octanol–water partition coefficient (Wildman–Crippen LogP) is 12.6. The average molecular weight is 687 g/mol. The zero-order valence-corrected chi connectivity index (χ0v) is 30.1. The van der Waals surface area contributed by atoms with E-state index in [4.69, 9.17) is 23.7 Å². The monoisotopic (exact) mass is 686 g/mol. The van der Waals surface area contributed by atoms with E-state index in [1.54, 1.807) is 21.3 Å². The minimum Gasteiger partial charge on any atom is -0.497 e. The van der Waals surface area contributed by atoms with Crippen LogP contribution in [0.15, 0.2) is 164 Å². The van der Waals surface area contributed by atoms with Crippen molar-refractivity contribution in [3.63, 3.8) is 0 Å². The molecule has 260 valence electrons. The average Bonchev–Trinajstić information content (AvgIpc) is 3.20. The molecule has 0 aromatic heterocycles. The lowest BCUT2D eigenvalue weighted by atomic mass is 10.0. The Labute approximate surface area is 306 Å². The Hall–Kier alpha value is -6.46. The third-order valence-corrected chi connectivity index (χ3v) is 8.54. The number of rotatable bonds is 10. The second kappa shape index (κ2) is 17.0. The summed E-state index contributed by atoms with van der Waals surface area (Å²) in [6.45, 7) is 4.18. The van der Waals surface area contributed by atoms with Crippen molar-refractivity contribution in [2.24, 2.45) is 0 Å². The van der Waals surface area contributed by atoms with Gasteiger partial charge in [0.2, 0.25) is 0 Å². The SMILES string of the molecule is COc1cc(OC)cc(Oc2ccc(-c3ccc(C)cc3)cc2)c1.COc1ccc(Oc2ccc(-c3ccc(C)cc3)cc2)c(-c2ccccc2)c1. The Morgan fingerprint density at radius 1 is 0.308 bits per heavy atom. The van der Waals surface area contributed by atoms with E-state index in [2.05, 4.69) is 98.8 Å². The van der Waals surface area contributed by atoms with Crippen LogP contribution < -0.4 is 23.7 Å². The fourth-order valence-electron chi connectivity index (χ4n) is 5.59. The maximum Gasteiger partial charge on any atom is 0.135 e. The summed E-state index contributed by atoms with van der Waals surface area (Å²) < 4.78 is 28.1. The van der Waals surface area contributed by atoms with Gasteiger partial charge in [0.15, 0.2) is 0 Å². The Morgan fingerprint density at radius 2 is 0.712 bits per heavy atom. The van der Waals surface area contributed by atoms with Gasteiger partial charge in [-0.05, 0) is 84.1 Å². The maximum atomic E-state index is 6.22. The predicted molar refractivity (Wildman–Crippen MR) is 211 cm³/mol. The number of benzene rings is 7. The molecule has 52 heavy (non-hydrogen) atoms. The molecule has 0 unspecified atom stereocenters. The molecule has 0 radical (unpaired) electrons. The van der Waals surface area contributed by atoms with Crippen LogP contribution in [0, 0.1) is 13.8 Å². The molecule has 0 amide bonds. The highest BCUT2D eigenvalue weighted by molar-refractivity contribution is 5.73. The van der Waals surface area contributed by atoms with Crippen LogP contribution in [0.1, 0.15) is 11.1 Å². The van der Waals surface area contributed by atoms with Crippen molar-refractivity contribution >= 4 is 0 Å². The molecule has 7 aromatic rings. The standard InChI is InChI=1S/C26H22O2.C21H20O3/c1-19-8-10-20(11-9-19)21-12-14-23(15-13-21)28-26-17-16-24(27-2)18-25(26)22-6-4-3-5-7-22;1-15-4-6-16(7-5-15)17-8-10-18(11-9-17)24-21-13-19(22-2)12-20(14-21)23-3/h3-18H,1-2H3;4-14H,1-3H3. The summed E-state index contributed by atoms with van der Waals surface area (Å²) in [5.74, 6) is 5.24. The second-order valence-corrected chi connectivity index (χ2v) is 12.3. The van der Waals surface area contributed by atoms with Crippen molar-refractivity contribution in [3.05, 3.63) is 175 Å². The smallest absolute Gasteiger partial charge is 0.135 e. The topological polar surface area (TPSA) is 46.2 Å². The molecular formula is C47H42O5. The molecule has 0 aliphatic carbocycles. The first-order valence-corrected chi connectivity index (χ1v) is 17.1. The number of hydrogen-bond donors (Lipinski definition) is 0. The van der Waals surface area contributed by atoms with Crippen molar-refractivity contribution in [2.45, 2.75) is 13.8 Å². The molecule has 0 spiro atoms. The van der Waals surface area contributed by atoms with Crippen molar-refractivity contribution < 1.29 is 23.7 Å². The lowest BCUT2D eigenvalue weighted by Crippen LogP contribution is -1.91. The quantitative estimate of drug-likeness (QED) is 0.143. The van der Waals surface area contributed by atoms with Gasteiger partial charge in [0.25, 0.3) is 0 Å². The third-order valence-electron chi connectivity index (χ3n) is 8.54. The van der Waals surface area contributed by atoms with Gasteiger partial charge in [-0.25, -0.2) is 0 Å². The van der Waals surface area contributed by atoms with E-state index in [-0.39, 0.29) is 0 Å². The molecule has 0 saturated heterocycles. The van der Waals surface area contributed by atoms with Crippen LogP contribution in [0.25, 0.3) is 33.4 Å². The number of aryl methyl sites for hydroxylation is 2. The molecule has 7 aromatic carbocycles. The molecule has 7 rings (SSSR count). The van der Waals surface area contributed by atoms with E-state index < -0.39 is 0 Å². The number of ether oxygens (including phenoxy) is 5. The van der Waals surface area contributed by atoms with E-state index in [0.29, 0.717) is 17.2 Å². The minimum absolute atomic E-state index is 0.675. The lowest BCUT2D eigenvalue weighted by molar-refractivity contribution is 0.386. The highest BCUT2D eigenvalue weighted by atomic mass is 16.5. The van der Waals surface area contributed by atoms with Gasteiger partial charge in [-0.1, -0.05) is 114 Å². The first kappa shape index (κ1) is 35.4. The van der Waals surface area contributed by atoms with Crippen LogP contribution in [0.5, 0.6) is 40.2 Å². The fourth-order valence-corrected chi connectivity index (χ4v) is 5.59. The van der Waals surface area contributed by atoms with E-state index in [0.717, 1.165) is 39.7 Å². The molecule has 0 N–H and O–H groups in total. The molecule has 0 fully saturated rings. The number of methoxy groups -OCH3 is 3. The van der Waals surface area contributed by atoms with Crippen LogP contribution in [0.3, 0.4) is 0 Å². The van der Waals surface area contributed by atoms with Gasteiger partial charge in [0.05, 0.1) is 21.3 Å². The molecule has 0 saturated carbocycles. The molecule has 5 nitrogen and oxygen atoms in total. The van der Waals surface area contributed by atoms with Gasteiger partial charge >= 0.3 is 0 Å². The van der Waals surface area contributed by atoms with Crippen LogP contribution >= 0.6 is 0 Å². The summed E-state index contributed by atoms with van der Waals surface area (Å²) in [7, 11) is 4.91. The van der Waals surface area contributed by atoms with Crippen molar-refractivity contribution in [1.82, 2.24) is 0 Å². The highest BCUT2D eigenvalue weighted by Crippen LogP contribution is 2.37.